The molecule has 11 heteroatoms. The van der Waals surface area contributed by atoms with Gasteiger partial charge in [-0.05, 0) is 40.9 Å². The Hall–Kier alpha value is -3.95. The molecule has 0 unspecified atom stereocenters. The van der Waals surface area contributed by atoms with E-state index in [4.69, 9.17) is 19.7 Å². The Kier molecular flexibility index (Phi) is 6.76. The van der Waals surface area contributed by atoms with Gasteiger partial charge in [-0.1, -0.05) is 29.4 Å². The molecule has 0 radical (unpaired) electrons. The van der Waals surface area contributed by atoms with Crippen LogP contribution in [0.5, 0.6) is 5.75 Å². The fraction of sp³-hybridized carbons (Fsp3) is 0.261. The Labute approximate surface area is 199 Å². The van der Waals surface area contributed by atoms with Crippen LogP contribution in [0.2, 0.25) is 0 Å². The molecule has 1 amide bonds. The van der Waals surface area contributed by atoms with Crippen LogP contribution < -0.4 is 4.74 Å². The second-order valence-corrected chi connectivity index (χ2v) is 8.48. The van der Waals surface area contributed by atoms with Crippen LogP contribution in [0, 0.1) is 0 Å². The molecule has 4 rings (SSSR count). The van der Waals surface area contributed by atoms with Gasteiger partial charge in [0.1, 0.15) is 29.5 Å². The van der Waals surface area contributed by atoms with Crippen molar-refractivity contribution in [3.05, 3.63) is 81.4 Å². The van der Waals surface area contributed by atoms with Gasteiger partial charge in [-0.3, -0.25) is 9.69 Å². The molecule has 0 saturated carbocycles. The van der Waals surface area contributed by atoms with Crippen LogP contribution in [0.1, 0.15) is 21.5 Å². The number of benzene rings is 2. The second-order valence-electron chi connectivity index (χ2n) is 7.38. The summed E-state index contributed by atoms with van der Waals surface area (Å²) in [5.74, 6) is -0.544. The zero-order chi connectivity index (χ0) is 24.2. The van der Waals surface area contributed by atoms with Crippen molar-refractivity contribution in [3.63, 3.8) is 0 Å². The van der Waals surface area contributed by atoms with Gasteiger partial charge in [0.15, 0.2) is 0 Å². The number of ether oxygens (including phenoxy) is 3. The maximum absolute atomic E-state index is 13.2. The van der Waals surface area contributed by atoms with Crippen molar-refractivity contribution in [1.82, 2.24) is 4.90 Å². The van der Waals surface area contributed by atoms with Crippen LogP contribution in [0.15, 0.2) is 59.3 Å². The average molecular weight is 481 g/mol. The van der Waals surface area contributed by atoms with E-state index in [9.17, 15) is 14.4 Å². The Morgan fingerprint density at radius 2 is 1.82 bits per heavy atom. The molecule has 2 atom stereocenters. The first-order valence-electron chi connectivity index (χ1n) is 10.2. The highest BCUT2D eigenvalue weighted by molar-refractivity contribution is 8.00. The number of esters is 2. The fourth-order valence-corrected chi connectivity index (χ4v) is 5.05. The Bertz CT molecular complexity index is 1200. The van der Waals surface area contributed by atoms with Crippen molar-refractivity contribution in [1.29, 1.82) is 0 Å². The van der Waals surface area contributed by atoms with E-state index in [1.54, 1.807) is 55.6 Å². The highest BCUT2D eigenvalue weighted by Gasteiger charge is 2.53. The summed E-state index contributed by atoms with van der Waals surface area (Å²) < 4.78 is 15.4. The molecule has 2 aromatic rings. The molecule has 10 nitrogen and oxygen atoms in total. The minimum absolute atomic E-state index is 0.000499. The lowest BCUT2D eigenvalue weighted by molar-refractivity contribution is -0.151. The molecule has 0 aromatic heterocycles. The van der Waals surface area contributed by atoms with Crippen LogP contribution in [0.3, 0.4) is 0 Å². The molecule has 174 valence electrons. The second kappa shape index (κ2) is 9.90. The smallest absolute Gasteiger partial charge is 0.355 e. The Balaban J connectivity index is 1.65. The standard InChI is InChI=1S/C23H20N4O6S/c1-31-16-9-3-13(4-10-16)11-33-23(30)19-17(14-5-7-15(8-6-14)22(29)32-2)12-34-21-18(25-26-24)20(28)27(19)21/h3-10,18,21H,11-12H2,1-2H3/t18-,21-/m0/s1. The van der Waals surface area contributed by atoms with Gasteiger partial charge in [0.25, 0.3) is 0 Å². The maximum atomic E-state index is 13.2. The van der Waals surface area contributed by atoms with Crippen LogP contribution in [0.25, 0.3) is 16.0 Å². The van der Waals surface area contributed by atoms with Gasteiger partial charge in [-0.15, -0.1) is 11.8 Å². The van der Waals surface area contributed by atoms with E-state index in [0.29, 0.717) is 28.2 Å². The zero-order valence-electron chi connectivity index (χ0n) is 18.3. The van der Waals surface area contributed by atoms with Crippen molar-refractivity contribution in [2.75, 3.05) is 20.0 Å². The van der Waals surface area contributed by atoms with Gasteiger partial charge >= 0.3 is 11.9 Å². The molecule has 1 fully saturated rings. The maximum Gasteiger partial charge on any atom is 0.355 e. The highest BCUT2D eigenvalue weighted by Crippen LogP contribution is 2.44. The third-order valence-electron chi connectivity index (χ3n) is 5.49. The minimum atomic E-state index is -0.873. The molecule has 2 heterocycles. The lowest BCUT2D eigenvalue weighted by atomic mass is 9.98. The first-order valence-corrected chi connectivity index (χ1v) is 11.2. The van der Waals surface area contributed by atoms with Gasteiger partial charge in [-0.2, -0.15) is 0 Å². The quantitative estimate of drug-likeness (QED) is 0.195. The summed E-state index contributed by atoms with van der Waals surface area (Å²) in [7, 11) is 2.86. The minimum Gasteiger partial charge on any atom is -0.497 e. The van der Waals surface area contributed by atoms with Gasteiger partial charge in [-0.25, -0.2) is 9.59 Å². The van der Waals surface area contributed by atoms with E-state index in [1.165, 1.54) is 23.8 Å². The number of β-lactam (4-membered cyclic amide) rings is 1. The van der Waals surface area contributed by atoms with E-state index in [2.05, 4.69) is 10.0 Å². The number of amides is 1. The number of thioether (sulfide) groups is 1. The zero-order valence-corrected chi connectivity index (χ0v) is 19.2. The largest absolute Gasteiger partial charge is 0.497 e. The molecule has 0 bridgehead atoms. The number of carbonyl (C=O) groups is 3. The van der Waals surface area contributed by atoms with Crippen molar-refractivity contribution in [3.8, 4) is 5.75 Å². The molecule has 2 aromatic carbocycles. The molecule has 0 N–H and O–H groups in total. The average Bonchev–Trinajstić information content (AvgIpc) is 2.89. The van der Waals surface area contributed by atoms with Gasteiger partial charge in [0.2, 0.25) is 5.91 Å². The fourth-order valence-electron chi connectivity index (χ4n) is 3.70. The molecule has 0 aliphatic carbocycles. The van der Waals surface area contributed by atoms with E-state index in [-0.39, 0.29) is 12.3 Å². The first kappa shape index (κ1) is 23.2. The van der Waals surface area contributed by atoms with Crippen molar-refractivity contribution < 1.29 is 28.6 Å². The summed E-state index contributed by atoms with van der Waals surface area (Å²) in [5.41, 5.74) is 11.3. The summed E-state index contributed by atoms with van der Waals surface area (Å²) in [6.45, 7) is 0.000499. The predicted molar refractivity (Wildman–Crippen MR) is 124 cm³/mol. The molecule has 2 aliphatic rings. The topological polar surface area (TPSA) is 131 Å². The third kappa shape index (κ3) is 4.30. The summed E-state index contributed by atoms with van der Waals surface area (Å²) in [6.07, 6.45) is 0. The molecule has 1 saturated heterocycles. The number of nitrogens with zero attached hydrogens (tertiary/aromatic N) is 4. The number of methoxy groups -OCH3 is 2. The Morgan fingerprint density at radius 1 is 1.12 bits per heavy atom. The first-order chi connectivity index (χ1) is 16.5. The van der Waals surface area contributed by atoms with Gasteiger partial charge in [0.05, 0.1) is 19.8 Å². The lowest BCUT2D eigenvalue weighted by Crippen LogP contribution is -2.63. The summed E-state index contributed by atoms with van der Waals surface area (Å²) >= 11 is 1.39. The number of carbonyl (C=O) groups excluding carboxylic acids is 3. The number of hydrogen-bond donors (Lipinski definition) is 0. The van der Waals surface area contributed by atoms with Gasteiger partial charge < -0.3 is 14.2 Å². The van der Waals surface area contributed by atoms with Crippen LogP contribution >= 0.6 is 11.8 Å². The summed E-state index contributed by atoms with van der Waals surface area (Å²) in [5, 5.41) is 3.09. The molecule has 34 heavy (non-hydrogen) atoms. The van der Waals surface area contributed by atoms with Crippen LogP contribution in [-0.2, 0) is 25.7 Å². The molecule has 2 aliphatic heterocycles. The van der Waals surface area contributed by atoms with Crippen molar-refractivity contribution in [2.24, 2.45) is 5.11 Å². The van der Waals surface area contributed by atoms with E-state index in [1.807, 2.05) is 0 Å². The third-order valence-corrected chi connectivity index (χ3v) is 6.76. The van der Waals surface area contributed by atoms with E-state index >= 15 is 0 Å². The van der Waals surface area contributed by atoms with Crippen molar-refractivity contribution in [2.45, 2.75) is 18.0 Å². The molecular formula is C23H20N4O6S. The SMILES string of the molecule is COC(=O)c1ccc(C2=C(C(=O)OCc3ccc(OC)cc3)N3C(=O)[C@H](N=[N+]=[N-])[C@@H]3SC2)cc1. The monoisotopic (exact) mass is 480 g/mol. The molecule has 0 spiro atoms. The van der Waals surface area contributed by atoms with E-state index in [0.717, 1.165) is 5.56 Å². The number of rotatable bonds is 7. The molecular weight excluding hydrogens is 460 g/mol. The number of azide groups is 1. The van der Waals surface area contributed by atoms with Gasteiger partial charge in [0, 0.05) is 16.2 Å². The number of fused-ring (bicyclic) bond motifs is 1. The summed E-state index contributed by atoms with van der Waals surface area (Å²) in [4.78, 5) is 41.8. The number of hydrogen-bond acceptors (Lipinski definition) is 8. The predicted octanol–water partition coefficient (Wildman–Crippen LogP) is 3.53. The van der Waals surface area contributed by atoms with Crippen molar-refractivity contribution >= 4 is 35.2 Å². The lowest BCUT2D eigenvalue weighted by Gasteiger charge is -2.48. The van der Waals surface area contributed by atoms with Crippen LogP contribution in [-0.4, -0.2) is 54.1 Å². The van der Waals surface area contributed by atoms with E-state index < -0.39 is 29.3 Å². The van der Waals surface area contributed by atoms with Crippen LogP contribution in [0.4, 0.5) is 0 Å². The highest BCUT2D eigenvalue weighted by atomic mass is 32.2. The summed E-state index contributed by atoms with van der Waals surface area (Å²) in [6, 6.07) is 12.8. The Morgan fingerprint density at radius 3 is 2.44 bits per heavy atom. The normalized spacial score (nSPS) is 18.9.